The number of ether oxygens (including phenoxy) is 1. The van der Waals surface area contributed by atoms with Crippen LogP contribution in [0.2, 0.25) is 0 Å². The molecule has 4 heteroatoms. The number of carbonyl (C=O) groups excluding carboxylic acids is 1. The maximum atomic E-state index is 10.5. The van der Waals surface area contributed by atoms with Crippen molar-refractivity contribution >= 4 is 5.91 Å². The lowest BCUT2D eigenvalue weighted by molar-refractivity contribution is -0.118. The second-order valence-corrected chi connectivity index (χ2v) is 4.18. The Morgan fingerprint density at radius 2 is 2.07 bits per heavy atom. The topological polar surface area (TPSA) is 64.3 Å². The molecule has 0 aliphatic rings. The van der Waals surface area contributed by atoms with E-state index in [-0.39, 0.29) is 5.91 Å². The molecule has 1 unspecified atom stereocenters. The van der Waals surface area contributed by atoms with E-state index in [9.17, 15) is 4.79 Å². The molecular weight excluding hydrogens is 192 g/mol. The maximum Gasteiger partial charge on any atom is 0.217 e. The van der Waals surface area contributed by atoms with Crippen LogP contribution in [0.1, 0.15) is 33.1 Å². The molecule has 0 aliphatic carbocycles. The monoisotopic (exact) mass is 216 g/mol. The summed E-state index contributed by atoms with van der Waals surface area (Å²) in [5, 5.41) is 3.42. The minimum Gasteiger partial charge on any atom is -0.383 e. The molecule has 1 amide bonds. The Balaban J connectivity index is 3.49. The Morgan fingerprint density at radius 1 is 1.40 bits per heavy atom. The smallest absolute Gasteiger partial charge is 0.217 e. The number of rotatable bonds is 9. The summed E-state index contributed by atoms with van der Waals surface area (Å²) in [4.78, 5) is 10.5. The van der Waals surface area contributed by atoms with Gasteiger partial charge in [0.1, 0.15) is 0 Å². The lowest BCUT2D eigenvalue weighted by atomic mass is 10.1. The van der Waals surface area contributed by atoms with E-state index in [1.165, 1.54) is 0 Å². The van der Waals surface area contributed by atoms with E-state index in [2.05, 4.69) is 19.2 Å². The fourth-order valence-electron chi connectivity index (χ4n) is 1.38. The van der Waals surface area contributed by atoms with E-state index in [1.807, 2.05) is 0 Å². The summed E-state index contributed by atoms with van der Waals surface area (Å²) >= 11 is 0. The molecule has 1 atom stereocenters. The predicted molar refractivity (Wildman–Crippen MR) is 61.6 cm³/mol. The van der Waals surface area contributed by atoms with Crippen molar-refractivity contribution in [2.24, 2.45) is 11.7 Å². The van der Waals surface area contributed by atoms with Crippen LogP contribution >= 0.6 is 0 Å². The number of unbranched alkanes of at least 4 members (excludes halogenated alkanes) is 1. The number of hydrogen-bond acceptors (Lipinski definition) is 3. The third-order valence-corrected chi connectivity index (χ3v) is 2.41. The van der Waals surface area contributed by atoms with Gasteiger partial charge >= 0.3 is 0 Å². The predicted octanol–water partition coefficient (Wildman–Crippen LogP) is 0.903. The van der Waals surface area contributed by atoms with E-state index in [0.717, 1.165) is 26.0 Å². The van der Waals surface area contributed by atoms with Gasteiger partial charge < -0.3 is 15.8 Å². The van der Waals surface area contributed by atoms with Crippen LogP contribution in [0.5, 0.6) is 0 Å². The van der Waals surface area contributed by atoms with Crippen LogP contribution in [0.25, 0.3) is 0 Å². The average molecular weight is 216 g/mol. The molecule has 0 fully saturated rings. The highest BCUT2D eigenvalue weighted by Gasteiger charge is 2.11. The maximum absolute atomic E-state index is 10.5. The Morgan fingerprint density at radius 3 is 2.53 bits per heavy atom. The quantitative estimate of drug-likeness (QED) is 0.563. The highest BCUT2D eigenvalue weighted by atomic mass is 16.5. The van der Waals surface area contributed by atoms with E-state index in [1.54, 1.807) is 7.11 Å². The summed E-state index contributed by atoms with van der Waals surface area (Å²) in [5.41, 5.74) is 5.05. The van der Waals surface area contributed by atoms with Crippen molar-refractivity contribution in [2.45, 2.75) is 39.2 Å². The fourth-order valence-corrected chi connectivity index (χ4v) is 1.38. The SMILES string of the molecule is COCC(NCCCCC(N)=O)C(C)C. The van der Waals surface area contributed by atoms with Crippen LogP contribution in [0.3, 0.4) is 0 Å². The van der Waals surface area contributed by atoms with Crippen LogP contribution in [-0.2, 0) is 9.53 Å². The van der Waals surface area contributed by atoms with Gasteiger partial charge in [-0.3, -0.25) is 4.79 Å². The molecule has 0 rings (SSSR count). The molecule has 15 heavy (non-hydrogen) atoms. The molecular formula is C11H24N2O2. The van der Waals surface area contributed by atoms with Gasteiger partial charge in [0.15, 0.2) is 0 Å². The number of methoxy groups -OCH3 is 1. The summed E-state index contributed by atoms with van der Waals surface area (Å²) in [5.74, 6) is 0.341. The van der Waals surface area contributed by atoms with E-state index >= 15 is 0 Å². The number of hydrogen-bond donors (Lipinski definition) is 2. The number of amides is 1. The minimum atomic E-state index is -0.215. The molecule has 0 saturated heterocycles. The van der Waals surface area contributed by atoms with Gasteiger partial charge in [-0.15, -0.1) is 0 Å². The third kappa shape index (κ3) is 8.39. The first-order chi connectivity index (χ1) is 7.07. The highest BCUT2D eigenvalue weighted by molar-refractivity contribution is 5.73. The van der Waals surface area contributed by atoms with Gasteiger partial charge in [-0.05, 0) is 25.3 Å². The first-order valence-corrected chi connectivity index (χ1v) is 5.58. The number of nitrogens with one attached hydrogen (secondary N) is 1. The summed E-state index contributed by atoms with van der Waals surface area (Å²) in [6, 6.07) is 0.392. The molecule has 0 aromatic heterocycles. The van der Waals surface area contributed by atoms with Crippen molar-refractivity contribution < 1.29 is 9.53 Å². The van der Waals surface area contributed by atoms with E-state index in [0.29, 0.717) is 18.4 Å². The molecule has 90 valence electrons. The molecule has 0 radical (unpaired) electrons. The van der Waals surface area contributed by atoms with Gasteiger partial charge in [-0.2, -0.15) is 0 Å². The van der Waals surface area contributed by atoms with Crippen LogP contribution in [0.4, 0.5) is 0 Å². The summed E-state index contributed by atoms with van der Waals surface area (Å²) in [7, 11) is 1.71. The van der Waals surface area contributed by atoms with Gasteiger partial charge in [-0.25, -0.2) is 0 Å². The molecule has 0 bridgehead atoms. The highest BCUT2D eigenvalue weighted by Crippen LogP contribution is 2.02. The second kappa shape index (κ2) is 8.68. The zero-order chi connectivity index (χ0) is 11.7. The molecule has 0 aliphatic heterocycles. The number of carbonyl (C=O) groups is 1. The van der Waals surface area contributed by atoms with Crippen molar-refractivity contribution in [1.29, 1.82) is 0 Å². The lowest BCUT2D eigenvalue weighted by Gasteiger charge is -2.21. The number of nitrogens with two attached hydrogens (primary N) is 1. The molecule has 0 aromatic carbocycles. The third-order valence-electron chi connectivity index (χ3n) is 2.41. The van der Waals surface area contributed by atoms with Gasteiger partial charge in [0.2, 0.25) is 5.91 Å². The summed E-state index contributed by atoms with van der Waals surface area (Å²) in [6.07, 6.45) is 2.33. The van der Waals surface area contributed by atoms with Crippen molar-refractivity contribution in [3.05, 3.63) is 0 Å². The second-order valence-electron chi connectivity index (χ2n) is 4.18. The zero-order valence-corrected chi connectivity index (χ0v) is 10.1. The summed E-state index contributed by atoms with van der Waals surface area (Å²) < 4.78 is 5.12. The molecule has 0 heterocycles. The molecule has 3 N–H and O–H groups in total. The average Bonchev–Trinajstić information content (AvgIpc) is 2.15. The normalized spacial score (nSPS) is 13.1. The first kappa shape index (κ1) is 14.4. The van der Waals surface area contributed by atoms with Crippen LogP contribution in [0, 0.1) is 5.92 Å². The lowest BCUT2D eigenvalue weighted by Crippen LogP contribution is -2.38. The zero-order valence-electron chi connectivity index (χ0n) is 10.1. The molecule has 4 nitrogen and oxygen atoms in total. The largest absolute Gasteiger partial charge is 0.383 e. The van der Waals surface area contributed by atoms with Gasteiger partial charge in [-0.1, -0.05) is 13.8 Å². The van der Waals surface area contributed by atoms with Crippen molar-refractivity contribution in [1.82, 2.24) is 5.32 Å². The van der Waals surface area contributed by atoms with Gasteiger partial charge in [0.05, 0.1) is 6.61 Å². The van der Waals surface area contributed by atoms with Crippen molar-refractivity contribution in [2.75, 3.05) is 20.3 Å². The van der Waals surface area contributed by atoms with Crippen molar-refractivity contribution in [3.63, 3.8) is 0 Å². The van der Waals surface area contributed by atoms with E-state index < -0.39 is 0 Å². The number of primary amides is 1. The molecule has 0 saturated carbocycles. The Hall–Kier alpha value is -0.610. The van der Waals surface area contributed by atoms with Crippen LogP contribution < -0.4 is 11.1 Å². The first-order valence-electron chi connectivity index (χ1n) is 5.58. The Bertz CT molecular complexity index is 172. The standard InChI is InChI=1S/C11H24N2O2/c1-9(2)10(8-15-3)13-7-5-4-6-11(12)14/h9-10,13H,4-8H2,1-3H3,(H2,12,14). The molecule has 0 aromatic rings. The minimum absolute atomic E-state index is 0.215. The van der Waals surface area contributed by atoms with E-state index in [4.69, 9.17) is 10.5 Å². The van der Waals surface area contributed by atoms with Crippen LogP contribution in [-0.4, -0.2) is 32.2 Å². The van der Waals surface area contributed by atoms with Gasteiger partial charge in [0, 0.05) is 19.6 Å². The Labute approximate surface area is 92.6 Å². The Kier molecular flexibility index (Phi) is 8.33. The van der Waals surface area contributed by atoms with Gasteiger partial charge in [0.25, 0.3) is 0 Å². The summed E-state index contributed by atoms with van der Waals surface area (Å²) in [6.45, 7) is 5.98. The molecule has 0 spiro atoms. The van der Waals surface area contributed by atoms with Crippen molar-refractivity contribution in [3.8, 4) is 0 Å². The van der Waals surface area contributed by atoms with Crippen LogP contribution in [0.15, 0.2) is 0 Å². The fraction of sp³-hybridized carbons (Fsp3) is 0.909.